The molecule has 1 aliphatic heterocycles. The number of hydrogen-bond acceptors (Lipinski definition) is 3. The number of benzene rings is 1. The summed E-state index contributed by atoms with van der Waals surface area (Å²) in [6, 6.07) is 10.2. The summed E-state index contributed by atoms with van der Waals surface area (Å²) in [5, 5.41) is 0. The fourth-order valence-corrected chi connectivity index (χ4v) is 6.08. The van der Waals surface area contributed by atoms with E-state index in [4.69, 9.17) is 5.73 Å². The van der Waals surface area contributed by atoms with Crippen molar-refractivity contribution in [1.82, 2.24) is 4.31 Å². The van der Waals surface area contributed by atoms with Gasteiger partial charge in [0, 0.05) is 19.0 Å². The van der Waals surface area contributed by atoms with Gasteiger partial charge in [0.2, 0.25) is 10.0 Å². The van der Waals surface area contributed by atoms with Crippen LogP contribution in [0.1, 0.15) is 43.6 Å². The number of rotatable bonds is 5. The van der Waals surface area contributed by atoms with E-state index in [0.717, 1.165) is 12.8 Å². The molecule has 5 heteroatoms. The molecule has 2 atom stereocenters. The van der Waals surface area contributed by atoms with Gasteiger partial charge in [0.1, 0.15) is 0 Å². The van der Waals surface area contributed by atoms with Crippen LogP contribution in [0.3, 0.4) is 0 Å². The molecule has 0 spiro atoms. The molecule has 2 fully saturated rings. The highest BCUT2D eigenvalue weighted by atomic mass is 32.2. The summed E-state index contributed by atoms with van der Waals surface area (Å²) < 4.78 is 27.4. The molecule has 1 heterocycles. The van der Waals surface area contributed by atoms with Crippen molar-refractivity contribution in [2.45, 2.75) is 38.0 Å². The van der Waals surface area contributed by atoms with Crippen LogP contribution in [-0.2, 0) is 10.0 Å². The maximum absolute atomic E-state index is 12.8. The topological polar surface area (TPSA) is 63.4 Å². The van der Waals surface area contributed by atoms with E-state index in [2.05, 4.69) is 12.1 Å². The molecule has 0 amide bonds. The van der Waals surface area contributed by atoms with Crippen LogP contribution in [0.5, 0.6) is 0 Å². The molecule has 128 valence electrons. The van der Waals surface area contributed by atoms with Crippen LogP contribution in [0, 0.1) is 11.8 Å². The molecule has 2 N–H and O–H groups in total. The van der Waals surface area contributed by atoms with Crippen LogP contribution in [-0.4, -0.2) is 38.1 Å². The second kappa shape index (κ2) is 7.32. The van der Waals surface area contributed by atoms with E-state index >= 15 is 0 Å². The van der Waals surface area contributed by atoms with E-state index < -0.39 is 10.0 Å². The van der Waals surface area contributed by atoms with Gasteiger partial charge in [-0.1, -0.05) is 49.6 Å². The largest absolute Gasteiger partial charge is 0.330 e. The molecule has 1 saturated carbocycles. The van der Waals surface area contributed by atoms with Gasteiger partial charge in [-0.25, -0.2) is 12.7 Å². The van der Waals surface area contributed by atoms with Gasteiger partial charge < -0.3 is 5.73 Å². The van der Waals surface area contributed by atoms with Crippen molar-refractivity contribution in [3.05, 3.63) is 35.9 Å². The third kappa shape index (κ3) is 3.95. The Bertz CT molecular complexity index is 597. The predicted octanol–water partition coefficient (Wildman–Crippen LogP) is 2.57. The zero-order valence-electron chi connectivity index (χ0n) is 13.7. The molecule has 0 radical (unpaired) electrons. The number of nitrogens with zero attached hydrogens (tertiary/aromatic N) is 1. The first-order valence-electron chi connectivity index (χ1n) is 8.83. The lowest BCUT2D eigenvalue weighted by Crippen LogP contribution is -2.34. The van der Waals surface area contributed by atoms with Crippen molar-refractivity contribution in [3.63, 3.8) is 0 Å². The van der Waals surface area contributed by atoms with Crippen molar-refractivity contribution in [2.24, 2.45) is 17.6 Å². The van der Waals surface area contributed by atoms with Crippen molar-refractivity contribution < 1.29 is 8.42 Å². The summed E-state index contributed by atoms with van der Waals surface area (Å²) in [5.74, 6) is 1.12. The van der Waals surface area contributed by atoms with Crippen molar-refractivity contribution in [3.8, 4) is 0 Å². The molecule has 3 rings (SSSR count). The molecular weight excluding hydrogens is 308 g/mol. The predicted molar refractivity (Wildman–Crippen MR) is 93.7 cm³/mol. The molecule has 4 nitrogen and oxygen atoms in total. The highest BCUT2D eigenvalue weighted by molar-refractivity contribution is 7.89. The quantitative estimate of drug-likeness (QED) is 0.899. The van der Waals surface area contributed by atoms with E-state index in [1.54, 1.807) is 4.31 Å². The Hall–Kier alpha value is -0.910. The lowest BCUT2D eigenvalue weighted by molar-refractivity contribution is 0.374. The second-order valence-electron chi connectivity index (χ2n) is 7.11. The van der Waals surface area contributed by atoms with Gasteiger partial charge in [-0.3, -0.25) is 0 Å². The first kappa shape index (κ1) is 16.9. The van der Waals surface area contributed by atoms with Crippen LogP contribution in [0.4, 0.5) is 0 Å². The van der Waals surface area contributed by atoms with Crippen molar-refractivity contribution in [1.29, 1.82) is 0 Å². The van der Waals surface area contributed by atoms with E-state index in [0.29, 0.717) is 31.3 Å². The van der Waals surface area contributed by atoms with Gasteiger partial charge >= 0.3 is 0 Å². The monoisotopic (exact) mass is 336 g/mol. The minimum Gasteiger partial charge on any atom is -0.330 e. The number of sulfonamides is 1. The van der Waals surface area contributed by atoms with Gasteiger partial charge in [0.25, 0.3) is 0 Å². The van der Waals surface area contributed by atoms with Gasteiger partial charge in [0.15, 0.2) is 0 Å². The van der Waals surface area contributed by atoms with Gasteiger partial charge in [-0.15, -0.1) is 0 Å². The lowest BCUT2D eigenvalue weighted by Gasteiger charge is -2.24. The average Bonchev–Trinajstić information content (AvgIpc) is 3.01. The molecule has 0 aromatic heterocycles. The highest BCUT2D eigenvalue weighted by Gasteiger charge is 2.39. The molecule has 0 unspecified atom stereocenters. The fraction of sp³-hybridized carbons (Fsp3) is 0.667. The zero-order chi connectivity index (χ0) is 16.3. The van der Waals surface area contributed by atoms with Crippen LogP contribution >= 0.6 is 0 Å². The fourth-order valence-electron chi connectivity index (χ4n) is 4.13. The summed E-state index contributed by atoms with van der Waals surface area (Å²) in [5.41, 5.74) is 7.14. The molecule has 1 saturated heterocycles. The van der Waals surface area contributed by atoms with Crippen LogP contribution in [0.15, 0.2) is 30.3 Å². The Balaban J connectivity index is 1.70. The number of hydrogen-bond donors (Lipinski definition) is 1. The Morgan fingerprint density at radius 3 is 2.39 bits per heavy atom. The Labute approximate surface area is 140 Å². The first-order chi connectivity index (χ1) is 11.1. The minimum atomic E-state index is -3.17. The highest BCUT2D eigenvalue weighted by Crippen LogP contribution is 2.35. The SMILES string of the molecule is NC[C@@H]1CN(S(=O)(=O)CC2CCCCC2)C[C@H]1c1ccccc1. The maximum atomic E-state index is 12.8. The third-order valence-corrected chi connectivity index (χ3v) is 7.48. The van der Waals surface area contributed by atoms with Crippen LogP contribution in [0.25, 0.3) is 0 Å². The normalized spacial score (nSPS) is 27.3. The lowest BCUT2D eigenvalue weighted by atomic mass is 9.89. The second-order valence-corrected chi connectivity index (χ2v) is 9.13. The smallest absolute Gasteiger partial charge is 0.214 e. The van der Waals surface area contributed by atoms with Crippen LogP contribution < -0.4 is 5.73 Å². The van der Waals surface area contributed by atoms with Gasteiger partial charge in [-0.05, 0) is 36.8 Å². The molecule has 23 heavy (non-hydrogen) atoms. The zero-order valence-corrected chi connectivity index (χ0v) is 14.5. The summed E-state index contributed by atoms with van der Waals surface area (Å²) in [7, 11) is -3.17. The molecule has 2 aliphatic rings. The van der Waals surface area contributed by atoms with Gasteiger partial charge in [0.05, 0.1) is 5.75 Å². The maximum Gasteiger partial charge on any atom is 0.214 e. The van der Waals surface area contributed by atoms with E-state index in [-0.39, 0.29) is 11.8 Å². The Morgan fingerprint density at radius 1 is 1.04 bits per heavy atom. The number of nitrogens with two attached hydrogens (primary N) is 1. The minimum absolute atomic E-state index is 0.221. The molecule has 1 aromatic carbocycles. The summed E-state index contributed by atoms with van der Waals surface area (Å²) >= 11 is 0. The third-order valence-electron chi connectivity index (χ3n) is 5.50. The van der Waals surface area contributed by atoms with E-state index in [1.165, 1.54) is 24.8 Å². The molecule has 0 bridgehead atoms. The van der Waals surface area contributed by atoms with E-state index in [9.17, 15) is 8.42 Å². The molecular formula is C18H28N2O2S. The molecule has 1 aliphatic carbocycles. The summed E-state index contributed by atoms with van der Waals surface area (Å²) in [6.07, 6.45) is 5.74. The van der Waals surface area contributed by atoms with Crippen molar-refractivity contribution in [2.75, 3.05) is 25.4 Å². The van der Waals surface area contributed by atoms with Crippen molar-refractivity contribution >= 4 is 10.0 Å². The standard InChI is InChI=1S/C18H28N2O2S/c19-11-17-12-20(13-18(17)16-9-5-2-6-10-16)23(21,22)14-15-7-3-1-4-8-15/h2,5-6,9-10,15,17-18H,1,3-4,7-8,11-14,19H2/t17-,18+/m1/s1. The Morgan fingerprint density at radius 2 is 1.74 bits per heavy atom. The van der Waals surface area contributed by atoms with Crippen LogP contribution in [0.2, 0.25) is 0 Å². The summed E-state index contributed by atoms with van der Waals surface area (Å²) in [4.78, 5) is 0. The van der Waals surface area contributed by atoms with Gasteiger partial charge in [-0.2, -0.15) is 0 Å². The Kier molecular flexibility index (Phi) is 5.39. The first-order valence-corrected chi connectivity index (χ1v) is 10.4. The average molecular weight is 337 g/mol. The summed E-state index contributed by atoms with van der Waals surface area (Å²) in [6.45, 7) is 1.70. The molecule has 1 aromatic rings. The van der Waals surface area contributed by atoms with E-state index in [1.807, 2.05) is 18.2 Å².